The zero-order valence-corrected chi connectivity index (χ0v) is 18.2. The lowest BCUT2D eigenvalue weighted by Crippen LogP contribution is -2.21. The minimum atomic E-state index is -4.23. The van der Waals surface area contributed by atoms with E-state index < -0.39 is 9.84 Å². The van der Waals surface area contributed by atoms with Crippen LogP contribution in [0.3, 0.4) is 0 Å². The molecule has 7 N–H and O–H groups in total. The molecule has 0 saturated heterocycles. The van der Waals surface area contributed by atoms with Crippen LogP contribution in [0.2, 0.25) is 10.0 Å². The van der Waals surface area contributed by atoms with Gasteiger partial charge in [0.05, 0.1) is 32.0 Å². The number of carbonyl (C=O) groups excluding carboxylic acids is 1. The summed E-state index contributed by atoms with van der Waals surface area (Å²) >= 11 is 12.9. The number of hydrogen-bond donors (Lipinski definition) is 4. The Morgan fingerprint density at radius 1 is 1.03 bits per heavy atom. The number of amides is 1. The Kier molecular flexibility index (Phi) is 6.40. The number of nitrogen functional groups attached to an aromatic ring is 1. The highest BCUT2D eigenvalue weighted by Crippen LogP contribution is 2.45. The number of halogens is 2. The van der Waals surface area contributed by atoms with Gasteiger partial charge in [-0.2, -0.15) is 0 Å². The zero-order valence-electron chi connectivity index (χ0n) is 15.8. The Labute approximate surface area is 188 Å². The molecule has 8 nitrogen and oxygen atoms in total. The van der Waals surface area contributed by atoms with Gasteiger partial charge in [-0.1, -0.05) is 47.5 Å². The Morgan fingerprint density at radius 3 is 2.42 bits per heavy atom. The monoisotopic (exact) mass is 477 g/mol. The lowest BCUT2D eigenvalue weighted by Gasteiger charge is -2.17. The Morgan fingerprint density at radius 2 is 1.74 bits per heavy atom. The number of nitrogens with one attached hydrogen (secondary N) is 1. The summed E-state index contributed by atoms with van der Waals surface area (Å²) in [6, 6.07) is 13.8. The van der Waals surface area contributed by atoms with Gasteiger partial charge in [0, 0.05) is 5.56 Å². The lowest BCUT2D eigenvalue weighted by molar-refractivity contribution is -0.105. The van der Waals surface area contributed by atoms with E-state index >= 15 is 0 Å². The third-order valence-electron chi connectivity index (χ3n) is 4.25. The number of rotatable bonds is 6. The van der Waals surface area contributed by atoms with Gasteiger partial charge >= 0.3 is 0 Å². The van der Waals surface area contributed by atoms with Crippen molar-refractivity contribution >= 4 is 62.5 Å². The van der Waals surface area contributed by atoms with Gasteiger partial charge in [-0.05, 0) is 35.9 Å². The van der Waals surface area contributed by atoms with Crippen molar-refractivity contribution in [1.29, 1.82) is 0 Å². The van der Waals surface area contributed by atoms with Gasteiger partial charge in [0.1, 0.15) is 4.90 Å². The van der Waals surface area contributed by atoms with Crippen molar-refractivity contribution in [2.24, 2.45) is 16.5 Å². The van der Waals surface area contributed by atoms with E-state index in [2.05, 4.69) is 10.3 Å². The fraction of sp³-hybridized carbons (Fsp3) is 0. The topological polar surface area (TPSA) is 154 Å². The second kappa shape index (κ2) is 8.84. The van der Waals surface area contributed by atoms with E-state index in [0.717, 1.165) is 0 Å². The van der Waals surface area contributed by atoms with Crippen LogP contribution in [0.4, 0.5) is 17.1 Å². The molecular formula is C20H17Cl2N5O3S. The SMILES string of the molecule is NC(N)=Nc1cccc(-c2c(Cl)cc(N)c(S(=O)(=O)c3ccccc3NC=O)c2Cl)c1. The van der Waals surface area contributed by atoms with Crippen LogP contribution < -0.4 is 22.5 Å². The molecule has 0 saturated carbocycles. The first-order valence-corrected chi connectivity index (χ1v) is 10.9. The van der Waals surface area contributed by atoms with Gasteiger partial charge in [0.25, 0.3) is 0 Å². The molecule has 3 rings (SSSR count). The molecule has 0 aliphatic carbocycles. The van der Waals surface area contributed by atoms with Crippen molar-refractivity contribution in [2.75, 3.05) is 11.1 Å². The van der Waals surface area contributed by atoms with E-state index in [1.54, 1.807) is 30.3 Å². The molecule has 0 atom stereocenters. The molecule has 0 radical (unpaired) electrons. The number of nitrogens with two attached hydrogens (primary N) is 3. The molecule has 0 fully saturated rings. The Hall–Kier alpha value is -3.27. The molecule has 160 valence electrons. The summed E-state index contributed by atoms with van der Waals surface area (Å²) in [6.07, 6.45) is 0.377. The quantitative estimate of drug-likeness (QED) is 0.184. The summed E-state index contributed by atoms with van der Waals surface area (Å²) < 4.78 is 26.9. The maximum atomic E-state index is 13.5. The molecule has 0 spiro atoms. The lowest BCUT2D eigenvalue weighted by atomic mass is 10.0. The summed E-state index contributed by atoms with van der Waals surface area (Å²) in [5.74, 6) is -0.144. The van der Waals surface area contributed by atoms with E-state index in [1.807, 2.05) is 0 Å². The Bertz CT molecular complexity index is 1310. The minimum absolute atomic E-state index is 0.0826. The highest BCUT2D eigenvalue weighted by molar-refractivity contribution is 7.92. The van der Waals surface area contributed by atoms with Crippen molar-refractivity contribution in [2.45, 2.75) is 9.79 Å². The number of benzene rings is 3. The number of anilines is 2. The van der Waals surface area contributed by atoms with E-state index in [4.69, 9.17) is 40.4 Å². The van der Waals surface area contributed by atoms with Crippen LogP contribution in [0.25, 0.3) is 11.1 Å². The van der Waals surface area contributed by atoms with E-state index in [-0.39, 0.29) is 42.7 Å². The smallest absolute Gasteiger partial charge is 0.212 e. The largest absolute Gasteiger partial charge is 0.398 e. The number of para-hydroxylation sites is 1. The van der Waals surface area contributed by atoms with E-state index in [1.165, 1.54) is 24.3 Å². The number of aliphatic imine (C=N–C) groups is 1. The number of guanidine groups is 1. The van der Waals surface area contributed by atoms with Crippen LogP contribution in [0.15, 0.2) is 69.4 Å². The molecule has 3 aromatic rings. The van der Waals surface area contributed by atoms with Crippen LogP contribution in [0.1, 0.15) is 0 Å². The van der Waals surface area contributed by atoms with Crippen LogP contribution in [-0.2, 0) is 14.6 Å². The fourth-order valence-electron chi connectivity index (χ4n) is 3.03. The standard InChI is InChI=1S/C20H17Cl2N5O3S/c21-13-9-14(23)19(31(29,30)16-7-2-1-6-15(16)26-10-28)18(22)17(13)11-4-3-5-12(8-11)27-20(24)25/h1-10H,23H2,(H,26,28)(H4,24,25,27). The van der Waals surface area contributed by atoms with Crippen LogP contribution >= 0.6 is 23.2 Å². The first-order chi connectivity index (χ1) is 14.7. The van der Waals surface area contributed by atoms with Gasteiger partial charge in [-0.15, -0.1) is 0 Å². The first-order valence-electron chi connectivity index (χ1n) is 8.68. The van der Waals surface area contributed by atoms with E-state index in [9.17, 15) is 13.2 Å². The number of carbonyl (C=O) groups is 1. The minimum Gasteiger partial charge on any atom is -0.398 e. The molecule has 31 heavy (non-hydrogen) atoms. The summed E-state index contributed by atoms with van der Waals surface area (Å²) in [6.45, 7) is 0. The van der Waals surface area contributed by atoms with Crippen molar-refractivity contribution in [3.8, 4) is 11.1 Å². The van der Waals surface area contributed by atoms with Gasteiger partial charge in [0.15, 0.2) is 5.96 Å². The van der Waals surface area contributed by atoms with Gasteiger partial charge < -0.3 is 22.5 Å². The normalized spacial score (nSPS) is 11.0. The third kappa shape index (κ3) is 4.43. The predicted octanol–water partition coefficient (Wildman–Crippen LogP) is 3.55. The van der Waals surface area contributed by atoms with Gasteiger partial charge in [0.2, 0.25) is 16.2 Å². The highest BCUT2D eigenvalue weighted by atomic mass is 35.5. The van der Waals surface area contributed by atoms with Crippen LogP contribution in [0.5, 0.6) is 0 Å². The number of hydrogen-bond acceptors (Lipinski definition) is 5. The zero-order chi connectivity index (χ0) is 22.8. The third-order valence-corrected chi connectivity index (χ3v) is 6.96. The summed E-state index contributed by atoms with van der Waals surface area (Å²) in [5, 5.41) is 2.33. The second-order valence-corrected chi connectivity index (χ2v) is 8.95. The summed E-state index contributed by atoms with van der Waals surface area (Å²) in [5.41, 5.74) is 18.0. The fourth-order valence-corrected chi connectivity index (χ4v) is 5.63. The summed E-state index contributed by atoms with van der Waals surface area (Å²) in [7, 11) is -4.23. The van der Waals surface area contributed by atoms with E-state index in [0.29, 0.717) is 17.7 Å². The molecule has 1 amide bonds. The molecule has 0 aromatic heterocycles. The van der Waals surface area contributed by atoms with Crippen molar-refractivity contribution < 1.29 is 13.2 Å². The molecular weight excluding hydrogens is 461 g/mol. The highest BCUT2D eigenvalue weighted by Gasteiger charge is 2.29. The average molecular weight is 478 g/mol. The Balaban J connectivity index is 2.28. The maximum absolute atomic E-state index is 13.5. The molecule has 0 aliphatic heterocycles. The maximum Gasteiger partial charge on any atom is 0.212 e. The number of sulfone groups is 1. The second-order valence-electron chi connectivity index (χ2n) is 6.31. The molecule has 0 unspecified atom stereocenters. The van der Waals surface area contributed by atoms with Gasteiger partial charge in [-0.3, -0.25) is 4.79 Å². The van der Waals surface area contributed by atoms with Crippen molar-refractivity contribution in [1.82, 2.24) is 0 Å². The molecule has 0 aliphatic rings. The summed E-state index contributed by atoms with van der Waals surface area (Å²) in [4.78, 5) is 14.4. The average Bonchev–Trinajstić information content (AvgIpc) is 2.67. The van der Waals surface area contributed by atoms with Gasteiger partial charge in [-0.25, -0.2) is 13.4 Å². The van der Waals surface area contributed by atoms with Crippen LogP contribution in [0, 0.1) is 0 Å². The van der Waals surface area contributed by atoms with Crippen molar-refractivity contribution in [3.63, 3.8) is 0 Å². The molecule has 3 aromatic carbocycles. The first kappa shape index (κ1) is 22.4. The predicted molar refractivity (Wildman–Crippen MR) is 123 cm³/mol. The molecule has 0 bridgehead atoms. The number of nitrogens with zero attached hydrogens (tertiary/aromatic N) is 1. The molecule has 11 heteroatoms. The van der Waals surface area contributed by atoms with Crippen molar-refractivity contribution in [3.05, 3.63) is 64.6 Å². The van der Waals surface area contributed by atoms with Crippen LogP contribution in [-0.4, -0.2) is 20.8 Å². The molecule has 0 heterocycles.